The Morgan fingerprint density at radius 3 is 1.57 bits per heavy atom. The first kappa shape index (κ1) is 23.1. The average molecular weight is 537 g/mol. The fourth-order valence-electron chi connectivity index (χ4n) is 6.60. The lowest BCUT2D eigenvalue weighted by molar-refractivity contribution is 0.616. The van der Waals surface area contributed by atoms with Gasteiger partial charge in [-0.1, -0.05) is 109 Å². The monoisotopic (exact) mass is 536 g/mol. The van der Waals surface area contributed by atoms with Crippen molar-refractivity contribution >= 4 is 54.5 Å². The minimum atomic E-state index is 0.870. The van der Waals surface area contributed by atoms with Crippen LogP contribution in [0.5, 0.6) is 0 Å². The van der Waals surface area contributed by atoms with Crippen LogP contribution < -0.4 is 0 Å². The molecule has 0 amide bonds. The minimum absolute atomic E-state index is 0.870. The lowest BCUT2D eigenvalue weighted by Crippen LogP contribution is -1.91. The molecule has 0 radical (unpaired) electrons. The van der Waals surface area contributed by atoms with Crippen LogP contribution >= 0.6 is 0 Å². The molecule has 9 aromatic rings. The standard InChI is InChI=1S/C40H24O2/c1-2-8-25(9-3-1)26-14-16-27(17-15-26)39-30-10-4-6-12-32(30)40(33-13-7-5-11-31(33)39)29-18-19-36-34(22-29)35-24-37-28(20-21-41-37)23-38(35)42-36/h1-24H. The Kier molecular flexibility index (Phi) is 4.93. The van der Waals surface area contributed by atoms with E-state index >= 15 is 0 Å². The zero-order valence-corrected chi connectivity index (χ0v) is 22.7. The summed E-state index contributed by atoms with van der Waals surface area (Å²) >= 11 is 0. The van der Waals surface area contributed by atoms with Gasteiger partial charge in [-0.15, -0.1) is 0 Å². The summed E-state index contributed by atoms with van der Waals surface area (Å²) in [5.74, 6) is 0. The number of furan rings is 2. The van der Waals surface area contributed by atoms with Crippen LogP contribution in [0, 0.1) is 0 Å². The average Bonchev–Trinajstić information content (AvgIpc) is 3.66. The highest BCUT2D eigenvalue weighted by Crippen LogP contribution is 2.45. The molecule has 0 aliphatic carbocycles. The van der Waals surface area contributed by atoms with Gasteiger partial charge >= 0.3 is 0 Å². The van der Waals surface area contributed by atoms with Gasteiger partial charge in [-0.05, 0) is 85.3 Å². The number of rotatable bonds is 3. The van der Waals surface area contributed by atoms with Gasteiger partial charge in [0.05, 0.1) is 6.26 Å². The molecular formula is C40H24O2. The molecule has 0 spiro atoms. The smallest absolute Gasteiger partial charge is 0.136 e. The van der Waals surface area contributed by atoms with E-state index < -0.39 is 0 Å². The van der Waals surface area contributed by atoms with E-state index in [9.17, 15) is 0 Å². The van der Waals surface area contributed by atoms with Crippen LogP contribution in [-0.4, -0.2) is 0 Å². The Morgan fingerprint density at radius 2 is 0.881 bits per heavy atom. The van der Waals surface area contributed by atoms with E-state index in [1.54, 1.807) is 6.26 Å². The summed E-state index contributed by atoms with van der Waals surface area (Å²) in [4.78, 5) is 0. The molecule has 2 aromatic heterocycles. The van der Waals surface area contributed by atoms with Crippen molar-refractivity contribution in [3.8, 4) is 33.4 Å². The fourth-order valence-corrected chi connectivity index (χ4v) is 6.60. The van der Waals surface area contributed by atoms with Crippen molar-refractivity contribution in [2.24, 2.45) is 0 Å². The molecule has 2 nitrogen and oxygen atoms in total. The minimum Gasteiger partial charge on any atom is -0.464 e. The number of hydrogen-bond donors (Lipinski definition) is 0. The second kappa shape index (κ2) is 8.95. The SMILES string of the molecule is c1ccc(-c2ccc(-c3c4ccccc4c(-c4ccc5oc6cc7ccoc7cc6c5c4)c4ccccc34)cc2)cc1. The molecular weight excluding hydrogens is 512 g/mol. The maximum Gasteiger partial charge on any atom is 0.136 e. The molecule has 196 valence electrons. The lowest BCUT2D eigenvalue weighted by atomic mass is 9.85. The van der Waals surface area contributed by atoms with Crippen molar-refractivity contribution in [1.29, 1.82) is 0 Å². The second-order valence-corrected chi connectivity index (χ2v) is 10.9. The molecule has 7 aromatic carbocycles. The summed E-state index contributed by atoms with van der Waals surface area (Å²) in [6.45, 7) is 0. The molecule has 0 unspecified atom stereocenters. The number of fused-ring (bicyclic) bond motifs is 6. The molecule has 42 heavy (non-hydrogen) atoms. The van der Waals surface area contributed by atoms with E-state index in [0.29, 0.717) is 0 Å². The summed E-state index contributed by atoms with van der Waals surface area (Å²) in [6.07, 6.45) is 1.73. The van der Waals surface area contributed by atoms with E-state index in [1.807, 2.05) is 6.07 Å². The normalized spacial score (nSPS) is 11.8. The van der Waals surface area contributed by atoms with Crippen molar-refractivity contribution in [2.75, 3.05) is 0 Å². The third-order valence-corrected chi connectivity index (χ3v) is 8.55. The van der Waals surface area contributed by atoms with Crippen LogP contribution in [0.1, 0.15) is 0 Å². The molecule has 0 saturated carbocycles. The Hall–Kier alpha value is -5.60. The van der Waals surface area contributed by atoms with E-state index in [2.05, 4.69) is 133 Å². The van der Waals surface area contributed by atoms with Crippen molar-refractivity contribution in [3.63, 3.8) is 0 Å². The van der Waals surface area contributed by atoms with Gasteiger partial charge < -0.3 is 8.83 Å². The van der Waals surface area contributed by atoms with Gasteiger partial charge in [0, 0.05) is 16.2 Å². The predicted molar refractivity (Wildman–Crippen MR) is 175 cm³/mol. The van der Waals surface area contributed by atoms with Gasteiger partial charge in [0.2, 0.25) is 0 Å². The quantitative estimate of drug-likeness (QED) is 0.210. The highest BCUT2D eigenvalue weighted by molar-refractivity contribution is 6.22. The molecule has 9 rings (SSSR count). The molecule has 0 aliphatic heterocycles. The third-order valence-electron chi connectivity index (χ3n) is 8.55. The molecule has 0 aliphatic rings. The summed E-state index contributed by atoms with van der Waals surface area (Å²) in [5, 5.41) is 8.16. The zero-order valence-electron chi connectivity index (χ0n) is 22.7. The van der Waals surface area contributed by atoms with Crippen LogP contribution in [0.25, 0.3) is 87.8 Å². The van der Waals surface area contributed by atoms with E-state index in [-0.39, 0.29) is 0 Å². The van der Waals surface area contributed by atoms with Gasteiger partial charge in [-0.3, -0.25) is 0 Å². The van der Waals surface area contributed by atoms with Crippen molar-refractivity contribution in [1.82, 2.24) is 0 Å². The maximum atomic E-state index is 6.27. The van der Waals surface area contributed by atoms with E-state index in [0.717, 1.165) is 32.9 Å². The van der Waals surface area contributed by atoms with Gasteiger partial charge in [0.1, 0.15) is 16.7 Å². The van der Waals surface area contributed by atoms with Crippen LogP contribution in [-0.2, 0) is 0 Å². The Bertz CT molecular complexity index is 2380. The van der Waals surface area contributed by atoms with Gasteiger partial charge in [-0.25, -0.2) is 0 Å². The highest BCUT2D eigenvalue weighted by Gasteiger charge is 2.18. The molecule has 0 N–H and O–H groups in total. The highest BCUT2D eigenvalue weighted by atomic mass is 16.3. The predicted octanol–water partition coefficient (Wildman–Crippen LogP) is 11.6. The zero-order chi connectivity index (χ0) is 27.6. The molecule has 2 heterocycles. The molecule has 0 saturated heterocycles. The van der Waals surface area contributed by atoms with Crippen molar-refractivity contribution in [2.45, 2.75) is 0 Å². The van der Waals surface area contributed by atoms with Crippen LogP contribution in [0.2, 0.25) is 0 Å². The van der Waals surface area contributed by atoms with Crippen LogP contribution in [0.15, 0.2) is 155 Å². The van der Waals surface area contributed by atoms with Crippen LogP contribution in [0.3, 0.4) is 0 Å². The topological polar surface area (TPSA) is 26.3 Å². The first-order chi connectivity index (χ1) is 20.8. The summed E-state index contributed by atoms with van der Waals surface area (Å²) in [7, 11) is 0. The molecule has 0 bridgehead atoms. The first-order valence-corrected chi connectivity index (χ1v) is 14.2. The van der Waals surface area contributed by atoms with Crippen molar-refractivity contribution < 1.29 is 8.83 Å². The Labute approximate surface area is 242 Å². The molecule has 0 atom stereocenters. The summed E-state index contributed by atoms with van der Waals surface area (Å²) in [6, 6.07) is 49.8. The first-order valence-electron chi connectivity index (χ1n) is 14.2. The number of hydrogen-bond acceptors (Lipinski definition) is 2. The van der Waals surface area contributed by atoms with Crippen molar-refractivity contribution in [3.05, 3.63) is 146 Å². The van der Waals surface area contributed by atoms with Gasteiger partial charge in [-0.2, -0.15) is 0 Å². The van der Waals surface area contributed by atoms with Crippen LogP contribution in [0.4, 0.5) is 0 Å². The molecule has 0 fully saturated rings. The number of benzene rings is 7. The summed E-state index contributed by atoms with van der Waals surface area (Å²) < 4.78 is 12.0. The Morgan fingerprint density at radius 1 is 0.333 bits per heavy atom. The second-order valence-electron chi connectivity index (χ2n) is 10.9. The van der Waals surface area contributed by atoms with E-state index in [4.69, 9.17) is 8.83 Å². The Balaban J connectivity index is 1.30. The fraction of sp³-hybridized carbons (Fsp3) is 0. The molecule has 2 heteroatoms. The largest absolute Gasteiger partial charge is 0.464 e. The van der Waals surface area contributed by atoms with E-state index in [1.165, 1.54) is 54.9 Å². The van der Waals surface area contributed by atoms with Gasteiger partial charge in [0.15, 0.2) is 0 Å². The third kappa shape index (κ3) is 3.45. The maximum absolute atomic E-state index is 6.27. The summed E-state index contributed by atoms with van der Waals surface area (Å²) in [5.41, 5.74) is 9.96. The van der Waals surface area contributed by atoms with Gasteiger partial charge in [0.25, 0.3) is 0 Å². The lowest BCUT2D eigenvalue weighted by Gasteiger charge is -2.18.